The van der Waals surface area contributed by atoms with E-state index >= 15 is 0 Å². The zero-order valence-corrected chi connectivity index (χ0v) is 7.67. The van der Waals surface area contributed by atoms with Gasteiger partial charge in [-0.05, 0) is 30.4 Å². The van der Waals surface area contributed by atoms with E-state index in [0.29, 0.717) is 5.92 Å². The standard InChI is InChI=1S/C12H14/c1-9-6-7-11-5-3-4-10(2)12(11)8-9/h3,5-8,10H,4H2,1-2H3. The fraction of sp³-hybridized carbons (Fsp3) is 0.333. The molecule has 1 aliphatic carbocycles. The maximum absolute atomic E-state index is 2.31. The molecule has 0 bridgehead atoms. The zero-order valence-electron chi connectivity index (χ0n) is 7.67. The first-order valence-electron chi connectivity index (χ1n) is 4.54. The van der Waals surface area contributed by atoms with Crippen LogP contribution < -0.4 is 0 Å². The molecule has 0 radical (unpaired) electrons. The Morgan fingerprint density at radius 1 is 1.33 bits per heavy atom. The van der Waals surface area contributed by atoms with Gasteiger partial charge in [0, 0.05) is 0 Å². The van der Waals surface area contributed by atoms with Crippen LogP contribution in [0.4, 0.5) is 0 Å². The summed E-state index contributed by atoms with van der Waals surface area (Å²) in [6.45, 7) is 4.45. The monoisotopic (exact) mass is 158 g/mol. The highest BCUT2D eigenvalue weighted by atomic mass is 14.2. The molecule has 12 heavy (non-hydrogen) atoms. The average molecular weight is 158 g/mol. The third kappa shape index (κ3) is 1.18. The number of hydrogen-bond acceptors (Lipinski definition) is 0. The van der Waals surface area contributed by atoms with Crippen molar-refractivity contribution in [3.63, 3.8) is 0 Å². The first kappa shape index (κ1) is 7.60. The van der Waals surface area contributed by atoms with Gasteiger partial charge in [0.15, 0.2) is 0 Å². The van der Waals surface area contributed by atoms with Crippen LogP contribution in [-0.4, -0.2) is 0 Å². The van der Waals surface area contributed by atoms with Crippen LogP contribution in [0.1, 0.15) is 36.0 Å². The van der Waals surface area contributed by atoms with Gasteiger partial charge in [-0.2, -0.15) is 0 Å². The van der Waals surface area contributed by atoms with Crippen LogP contribution in [0.2, 0.25) is 0 Å². The fourth-order valence-corrected chi connectivity index (χ4v) is 1.80. The SMILES string of the molecule is Cc1ccc2c(c1)C(C)CC=C2. The van der Waals surface area contributed by atoms with Crippen LogP contribution in [0, 0.1) is 6.92 Å². The molecule has 1 atom stereocenters. The minimum atomic E-state index is 0.699. The van der Waals surface area contributed by atoms with Crippen molar-refractivity contribution in [1.29, 1.82) is 0 Å². The van der Waals surface area contributed by atoms with E-state index in [1.165, 1.54) is 23.1 Å². The lowest BCUT2D eigenvalue weighted by atomic mass is 9.87. The van der Waals surface area contributed by atoms with Crippen molar-refractivity contribution < 1.29 is 0 Å². The number of allylic oxidation sites excluding steroid dienone is 1. The molecule has 0 heterocycles. The lowest BCUT2D eigenvalue weighted by molar-refractivity contribution is 0.770. The van der Waals surface area contributed by atoms with Gasteiger partial charge in [-0.25, -0.2) is 0 Å². The number of hydrogen-bond donors (Lipinski definition) is 0. The fourth-order valence-electron chi connectivity index (χ4n) is 1.80. The van der Waals surface area contributed by atoms with E-state index in [1.807, 2.05) is 0 Å². The smallest absolute Gasteiger partial charge is 0.0150 e. The van der Waals surface area contributed by atoms with E-state index in [0.717, 1.165) is 0 Å². The summed E-state index contributed by atoms with van der Waals surface area (Å²) in [5.41, 5.74) is 4.28. The van der Waals surface area contributed by atoms with Crippen LogP contribution in [-0.2, 0) is 0 Å². The average Bonchev–Trinajstić information content (AvgIpc) is 2.07. The minimum absolute atomic E-state index is 0.699. The van der Waals surface area contributed by atoms with Gasteiger partial charge in [-0.15, -0.1) is 0 Å². The normalized spacial score (nSPS) is 20.7. The van der Waals surface area contributed by atoms with Crippen molar-refractivity contribution in [1.82, 2.24) is 0 Å². The molecule has 1 unspecified atom stereocenters. The lowest BCUT2D eigenvalue weighted by Gasteiger charge is -2.17. The highest BCUT2D eigenvalue weighted by Crippen LogP contribution is 2.29. The molecular formula is C12H14. The van der Waals surface area contributed by atoms with Gasteiger partial charge >= 0.3 is 0 Å². The predicted octanol–water partition coefficient (Wildman–Crippen LogP) is 3.52. The van der Waals surface area contributed by atoms with E-state index in [9.17, 15) is 0 Å². The Labute approximate surface area is 73.9 Å². The van der Waals surface area contributed by atoms with Crippen molar-refractivity contribution in [2.45, 2.75) is 26.2 Å². The van der Waals surface area contributed by atoms with Crippen LogP contribution in [0.15, 0.2) is 24.3 Å². The molecule has 0 aromatic heterocycles. The van der Waals surface area contributed by atoms with E-state index in [-0.39, 0.29) is 0 Å². The Morgan fingerprint density at radius 2 is 2.17 bits per heavy atom. The maximum Gasteiger partial charge on any atom is -0.0150 e. The number of aryl methyl sites for hydroxylation is 1. The van der Waals surface area contributed by atoms with Gasteiger partial charge in [0.25, 0.3) is 0 Å². The molecule has 2 rings (SSSR count). The molecule has 0 fully saturated rings. The Hall–Kier alpha value is -1.04. The van der Waals surface area contributed by atoms with Crippen LogP contribution in [0.25, 0.3) is 6.08 Å². The summed E-state index contributed by atoms with van der Waals surface area (Å²) in [5, 5.41) is 0. The summed E-state index contributed by atoms with van der Waals surface area (Å²) in [4.78, 5) is 0. The van der Waals surface area contributed by atoms with Gasteiger partial charge < -0.3 is 0 Å². The summed E-state index contributed by atoms with van der Waals surface area (Å²) in [5.74, 6) is 0.699. The largest absolute Gasteiger partial charge is 0.0833 e. The topological polar surface area (TPSA) is 0 Å². The Kier molecular flexibility index (Phi) is 1.76. The first-order valence-corrected chi connectivity index (χ1v) is 4.54. The van der Waals surface area contributed by atoms with Crippen LogP contribution in [0.5, 0.6) is 0 Å². The predicted molar refractivity (Wildman–Crippen MR) is 53.2 cm³/mol. The molecule has 0 saturated heterocycles. The molecule has 62 valence electrons. The maximum atomic E-state index is 2.31. The Bertz CT molecular complexity index is 321. The van der Waals surface area contributed by atoms with Gasteiger partial charge in [0.05, 0.1) is 0 Å². The molecule has 1 aromatic carbocycles. The van der Waals surface area contributed by atoms with Gasteiger partial charge in [-0.3, -0.25) is 0 Å². The van der Waals surface area contributed by atoms with Crippen LogP contribution in [0.3, 0.4) is 0 Å². The quantitative estimate of drug-likeness (QED) is 0.542. The highest BCUT2D eigenvalue weighted by Gasteiger charge is 2.11. The van der Waals surface area contributed by atoms with Crippen molar-refractivity contribution in [2.75, 3.05) is 0 Å². The number of fused-ring (bicyclic) bond motifs is 1. The minimum Gasteiger partial charge on any atom is -0.0833 e. The third-order valence-electron chi connectivity index (χ3n) is 2.56. The van der Waals surface area contributed by atoms with Gasteiger partial charge in [0.2, 0.25) is 0 Å². The molecule has 0 N–H and O–H groups in total. The first-order chi connectivity index (χ1) is 5.77. The second-order valence-corrected chi connectivity index (χ2v) is 3.67. The van der Waals surface area contributed by atoms with E-state index in [4.69, 9.17) is 0 Å². The summed E-state index contributed by atoms with van der Waals surface area (Å²) >= 11 is 0. The second-order valence-electron chi connectivity index (χ2n) is 3.67. The molecule has 0 amide bonds. The van der Waals surface area contributed by atoms with Crippen molar-refractivity contribution >= 4 is 6.08 Å². The van der Waals surface area contributed by atoms with E-state index in [2.05, 4.69) is 44.2 Å². The molecule has 0 nitrogen and oxygen atoms in total. The number of benzene rings is 1. The lowest BCUT2D eigenvalue weighted by Crippen LogP contribution is -1.99. The molecule has 1 aromatic rings. The molecule has 0 heteroatoms. The molecule has 0 spiro atoms. The van der Waals surface area contributed by atoms with Crippen molar-refractivity contribution in [2.24, 2.45) is 0 Å². The highest BCUT2D eigenvalue weighted by molar-refractivity contribution is 5.58. The van der Waals surface area contributed by atoms with Gasteiger partial charge in [-0.1, -0.05) is 42.8 Å². The molecule has 1 aliphatic rings. The molecule has 0 saturated carbocycles. The third-order valence-corrected chi connectivity index (χ3v) is 2.56. The van der Waals surface area contributed by atoms with Crippen LogP contribution >= 0.6 is 0 Å². The second kappa shape index (κ2) is 2.78. The zero-order chi connectivity index (χ0) is 8.55. The van der Waals surface area contributed by atoms with E-state index < -0.39 is 0 Å². The summed E-state index contributed by atoms with van der Waals surface area (Å²) < 4.78 is 0. The summed E-state index contributed by atoms with van der Waals surface area (Å²) in [6.07, 6.45) is 5.69. The summed E-state index contributed by atoms with van der Waals surface area (Å²) in [6, 6.07) is 6.71. The van der Waals surface area contributed by atoms with Gasteiger partial charge in [0.1, 0.15) is 0 Å². The van der Waals surface area contributed by atoms with Crippen molar-refractivity contribution in [3.05, 3.63) is 41.0 Å². The Morgan fingerprint density at radius 3 is 3.00 bits per heavy atom. The van der Waals surface area contributed by atoms with E-state index in [1.54, 1.807) is 0 Å². The Balaban J connectivity index is 2.56. The summed E-state index contributed by atoms with van der Waals surface area (Å²) in [7, 11) is 0. The number of rotatable bonds is 0. The van der Waals surface area contributed by atoms with Crippen molar-refractivity contribution in [3.8, 4) is 0 Å². The molecule has 0 aliphatic heterocycles. The molecular weight excluding hydrogens is 144 g/mol.